The van der Waals surface area contributed by atoms with E-state index in [2.05, 4.69) is 46.6 Å². The summed E-state index contributed by atoms with van der Waals surface area (Å²) >= 11 is 0. The van der Waals surface area contributed by atoms with Gasteiger partial charge in [0.15, 0.2) is 11.5 Å². The van der Waals surface area contributed by atoms with Crippen molar-refractivity contribution in [1.82, 2.24) is 4.90 Å². The van der Waals surface area contributed by atoms with Gasteiger partial charge in [-0.05, 0) is 41.3 Å². The third-order valence-electron chi connectivity index (χ3n) is 4.66. The summed E-state index contributed by atoms with van der Waals surface area (Å²) in [5.74, 6) is 1.61. The van der Waals surface area contributed by atoms with Crippen LogP contribution in [0.3, 0.4) is 0 Å². The van der Waals surface area contributed by atoms with E-state index in [1.165, 1.54) is 22.4 Å². The Morgan fingerprint density at radius 3 is 2.64 bits per heavy atom. The van der Waals surface area contributed by atoms with Crippen molar-refractivity contribution in [3.8, 4) is 11.5 Å². The maximum atomic E-state index is 5.48. The molecular formula is C18H20N2O2. The van der Waals surface area contributed by atoms with Gasteiger partial charge in [-0.1, -0.05) is 18.2 Å². The third-order valence-corrected chi connectivity index (χ3v) is 4.66. The molecule has 0 aliphatic carbocycles. The van der Waals surface area contributed by atoms with Gasteiger partial charge in [-0.2, -0.15) is 0 Å². The Kier molecular flexibility index (Phi) is 3.19. The molecule has 2 aliphatic rings. The summed E-state index contributed by atoms with van der Waals surface area (Å²) in [7, 11) is 3.38. The lowest BCUT2D eigenvalue weighted by atomic mass is 9.93. The van der Waals surface area contributed by atoms with Gasteiger partial charge >= 0.3 is 0 Å². The summed E-state index contributed by atoms with van der Waals surface area (Å²) in [4.78, 5) is 2.48. The molecule has 4 nitrogen and oxygen atoms in total. The zero-order valence-corrected chi connectivity index (χ0v) is 12.9. The van der Waals surface area contributed by atoms with Crippen LogP contribution < -0.4 is 14.8 Å². The minimum absolute atomic E-state index is 0.207. The maximum absolute atomic E-state index is 5.48. The van der Waals surface area contributed by atoms with E-state index in [0.717, 1.165) is 31.0 Å². The fraction of sp³-hybridized carbons (Fsp3) is 0.333. The molecule has 0 bridgehead atoms. The number of methoxy groups -OCH3 is 2. The second kappa shape index (κ2) is 5.21. The molecule has 0 saturated heterocycles. The lowest BCUT2D eigenvalue weighted by Gasteiger charge is -2.42. The fourth-order valence-electron chi connectivity index (χ4n) is 3.50. The number of rotatable bonds is 2. The molecule has 0 saturated carbocycles. The molecule has 0 radical (unpaired) electrons. The molecule has 1 N–H and O–H groups in total. The van der Waals surface area contributed by atoms with Gasteiger partial charge in [0.05, 0.1) is 14.2 Å². The fourth-order valence-corrected chi connectivity index (χ4v) is 3.50. The zero-order chi connectivity index (χ0) is 15.1. The number of hydrogen-bond acceptors (Lipinski definition) is 4. The van der Waals surface area contributed by atoms with Crippen LogP contribution >= 0.6 is 0 Å². The molecule has 0 unspecified atom stereocenters. The van der Waals surface area contributed by atoms with Crippen LogP contribution in [0.5, 0.6) is 11.5 Å². The summed E-state index contributed by atoms with van der Waals surface area (Å²) in [6, 6.07) is 12.8. The van der Waals surface area contributed by atoms with Gasteiger partial charge in [-0.15, -0.1) is 0 Å². The first-order valence-electron chi connectivity index (χ1n) is 7.63. The zero-order valence-electron chi connectivity index (χ0n) is 12.9. The van der Waals surface area contributed by atoms with Gasteiger partial charge in [-0.25, -0.2) is 0 Å². The summed E-state index contributed by atoms with van der Waals surface area (Å²) in [5, 5.41) is 3.67. The number of ether oxygens (including phenoxy) is 2. The van der Waals surface area contributed by atoms with E-state index in [4.69, 9.17) is 9.47 Å². The number of benzene rings is 2. The van der Waals surface area contributed by atoms with E-state index in [-0.39, 0.29) is 6.17 Å². The van der Waals surface area contributed by atoms with E-state index >= 15 is 0 Å². The van der Waals surface area contributed by atoms with Gasteiger partial charge in [0.1, 0.15) is 6.17 Å². The maximum Gasteiger partial charge on any atom is 0.161 e. The Hall–Kier alpha value is -2.20. The van der Waals surface area contributed by atoms with Crippen molar-refractivity contribution in [2.75, 3.05) is 26.1 Å². The highest BCUT2D eigenvalue weighted by Crippen LogP contribution is 2.41. The largest absolute Gasteiger partial charge is 0.493 e. The van der Waals surface area contributed by atoms with Crippen LogP contribution in [0.4, 0.5) is 5.69 Å². The molecule has 2 aliphatic heterocycles. The first-order valence-corrected chi connectivity index (χ1v) is 7.63. The number of nitrogens with zero attached hydrogens (tertiary/aromatic N) is 1. The standard InChI is InChI=1S/C18H20N2O2/c1-21-16-9-12-7-8-20-11-13-5-3-4-6-15(13)19-18(20)14(12)10-17(16)22-2/h3-6,9-10,18-19H,7-8,11H2,1-2H3/t18-/m0/s1. The summed E-state index contributed by atoms with van der Waals surface area (Å²) in [6.45, 7) is 2.04. The number of para-hydroxylation sites is 1. The number of anilines is 1. The Labute approximate surface area is 130 Å². The van der Waals surface area contributed by atoms with Crippen LogP contribution in [0, 0.1) is 0 Å². The van der Waals surface area contributed by atoms with Crippen LogP contribution in [0.15, 0.2) is 36.4 Å². The molecule has 22 heavy (non-hydrogen) atoms. The SMILES string of the molecule is COc1cc2c(cc1OC)[C@H]1Nc3ccccc3CN1CC2. The predicted molar refractivity (Wildman–Crippen MR) is 86.5 cm³/mol. The molecule has 2 aromatic carbocycles. The highest BCUT2D eigenvalue weighted by molar-refractivity contribution is 5.57. The average molecular weight is 296 g/mol. The highest BCUT2D eigenvalue weighted by Gasteiger charge is 2.32. The van der Waals surface area contributed by atoms with Crippen molar-refractivity contribution in [2.24, 2.45) is 0 Å². The third kappa shape index (κ3) is 2.03. The van der Waals surface area contributed by atoms with Crippen molar-refractivity contribution in [1.29, 1.82) is 0 Å². The van der Waals surface area contributed by atoms with E-state index in [1.54, 1.807) is 14.2 Å². The lowest BCUT2D eigenvalue weighted by Crippen LogP contribution is -2.42. The topological polar surface area (TPSA) is 33.7 Å². The second-order valence-electron chi connectivity index (χ2n) is 5.83. The second-order valence-corrected chi connectivity index (χ2v) is 5.83. The molecule has 0 aromatic heterocycles. The molecule has 0 fully saturated rings. The van der Waals surface area contributed by atoms with E-state index < -0.39 is 0 Å². The van der Waals surface area contributed by atoms with Crippen LogP contribution in [0.1, 0.15) is 22.9 Å². The molecule has 0 amide bonds. The summed E-state index contributed by atoms with van der Waals surface area (Å²) in [6.07, 6.45) is 1.24. The average Bonchev–Trinajstić information content (AvgIpc) is 2.58. The number of hydrogen-bond donors (Lipinski definition) is 1. The summed E-state index contributed by atoms with van der Waals surface area (Å²) in [5.41, 5.74) is 5.22. The first-order chi connectivity index (χ1) is 10.8. The first kappa shape index (κ1) is 13.5. The van der Waals surface area contributed by atoms with Crippen molar-refractivity contribution in [3.05, 3.63) is 53.1 Å². The van der Waals surface area contributed by atoms with E-state index in [0.29, 0.717) is 0 Å². The van der Waals surface area contributed by atoms with E-state index in [1.807, 2.05) is 0 Å². The molecule has 4 heteroatoms. The van der Waals surface area contributed by atoms with Crippen LogP contribution in [0.2, 0.25) is 0 Å². The van der Waals surface area contributed by atoms with Crippen molar-refractivity contribution in [2.45, 2.75) is 19.1 Å². The minimum atomic E-state index is 0.207. The Bertz CT molecular complexity index is 714. The van der Waals surface area contributed by atoms with Crippen LogP contribution in [-0.4, -0.2) is 25.7 Å². The normalized spacial score (nSPS) is 19.5. The Balaban J connectivity index is 1.77. The van der Waals surface area contributed by atoms with Crippen LogP contribution in [0.25, 0.3) is 0 Å². The Morgan fingerprint density at radius 2 is 1.82 bits per heavy atom. The lowest BCUT2D eigenvalue weighted by molar-refractivity contribution is 0.186. The minimum Gasteiger partial charge on any atom is -0.493 e. The molecule has 0 spiro atoms. The van der Waals surface area contributed by atoms with Gasteiger partial charge in [-0.3, -0.25) is 4.90 Å². The molecule has 2 heterocycles. The van der Waals surface area contributed by atoms with Gasteiger partial charge in [0.2, 0.25) is 0 Å². The van der Waals surface area contributed by atoms with Crippen molar-refractivity contribution >= 4 is 5.69 Å². The highest BCUT2D eigenvalue weighted by atomic mass is 16.5. The van der Waals surface area contributed by atoms with Gasteiger partial charge in [0.25, 0.3) is 0 Å². The predicted octanol–water partition coefficient (Wildman–Crippen LogP) is 3.19. The van der Waals surface area contributed by atoms with E-state index in [9.17, 15) is 0 Å². The monoisotopic (exact) mass is 296 g/mol. The number of fused-ring (bicyclic) bond motifs is 4. The smallest absolute Gasteiger partial charge is 0.161 e. The van der Waals surface area contributed by atoms with Gasteiger partial charge < -0.3 is 14.8 Å². The number of nitrogens with one attached hydrogen (secondary N) is 1. The van der Waals surface area contributed by atoms with Crippen molar-refractivity contribution < 1.29 is 9.47 Å². The summed E-state index contributed by atoms with van der Waals surface area (Å²) < 4.78 is 10.9. The molecule has 114 valence electrons. The molecule has 4 rings (SSSR count). The van der Waals surface area contributed by atoms with Gasteiger partial charge in [0, 0.05) is 18.8 Å². The molecule has 1 atom stereocenters. The molecular weight excluding hydrogens is 276 g/mol. The molecule has 2 aromatic rings. The van der Waals surface area contributed by atoms with Crippen molar-refractivity contribution in [3.63, 3.8) is 0 Å². The Morgan fingerprint density at radius 1 is 1.05 bits per heavy atom. The van der Waals surface area contributed by atoms with Crippen LogP contribution in [-0.2, 0) is 13.0 Å². The quantitative estimate of drug-likeness (QED) is 0.923.